The Morgan fingerprint density at radius 3 is 2.68 bits per heavy atom. The molecule has 5 nitrogen and oxygen atoms in total. The quantitative estimate of drug-likeness (QED) is 0.882. The zero-order valence-corrected chi connectivity index (χ0v) is 14.7. The second-order valence-corrected chi connectivity index (χ2v) is 7.66. The van der Waals surface area contributed by atoms with Crippen LogP contribution < -0.4 is 5.73 Å². The van der Waals surface area contributed by atoms with E-state index in [1.54, 1.807) is 0 Å². The normalized spacial score (nSPS) is 21.3. The topological polar surface area (TPSA) is 79.2 Å². The maximum Gasteiger partial charge on any atom is 0.253 e. The molecule has 2 aliphatic rings. The Hall–Kier alpha value is -2.30. The first-order chi connectivity index (χ1) is 12.0. The van der Waals surface area contributed by atoms with Crippen LogP contribution in [0.3, 0.4) is 0 Å². The number of aromatic nitrogens is 1. The Morgan fingerprint density at radius 2 is 1.96 bits per heavy atom. The molecule has 2 aromatic rings. The number of hydrogen-bond donors (Lipinski definition) is 2. The zero-order chi connectivity index (χ0) is 17.6. The van der Waals surface area contributed by atoms with Gasteiger partial charge in [-0.2, -0.15) is 0 Å². The minimum Gasteiger partial charge on any atom is -0.369 e. The summed E-state index contributed by atoms with van der Waals surface area (Å²) in [7, 11) is 0. The first-order valence-electron chi connectivity index (χ1n) is 9.25. The number of rotatable bonds is 2. The minimum atomic E-state index is -0.249. The van der Waals surface area contributed by atoms with Gasteiger partial charge in [0.05, 0.1) is 0 Å². The van der Waals surface area contributed by atoms with E-state index in [2.05, 4.69) is 11.9 Å². The number of nitrogens with zero attached hydrogens (tertiary/aromatic N) is 1. The Labute approximate surface area is 147 Å². The fraction of sp³-hybridized carbons (Fsp3) is 0.500. The van der Waals surface area contributed by atoms with Crippen molar-refractivity contribution >= 4 is 22.7 Å². The number of aryl methyl sites for hydroxylation is 1. The lowest BCUT2D eigenvalue weighted by Crippen LogP contribution is -2.41. The number of nitrogens with two attached hydrogens (primary N) is 1. The first-order valence-corrected chi connectivity index (χ1v) is 9.25. The Bertz CT molecular complexity index is 831. The fourth-order valence-electron chi connectivity index (χ4n) is 4.27. The summed E-state index contributed by atoms with van der Waals surface area (Å²) in [6.07, 6.45) is 4.73. The van der Waals surface area contributed by atoms with E-state index in [1.165, 1.54) is 23.1 Å². The summed E-state index contributed by atoms with van der Waals surface area (Å²) in [6.45, 7) is 3.50. The van der Waals surface area contributed by atoms with Gasteiger partial charge in [-0.05, 0) is 61.8 Å². The standard InChI is InChI=1S/C20H25N3O2/c1-12-2-4-17-15(10-12)16-11-14(3-5-18(16)22-17)20(25)23-8-6-13(7-9-23)19(21)24/h3,5,11-13,22H,2,4,6-10H2,1H3,(H2,21,24)/t12-/m0/s1. The van der Waals surface area contributed by atoms with Crippen LogP contribution in [-0.4, -0.2) is 34.8 Å². The van der Waals surface area contributed by atoms with Crippen molar-refractivity contribution in [3.8, 4) is 0 Å². The molecular weight excluding hydrogens is 314 g/mol. The van der Waals surface area contributed by atoms with Gasteiger partial charge in [-0.25, -0.2) is 0 Å². The van der Waals surface area contributed by atoms with Crippen molar-refractivity contribution in [1.29, 1.82) is 0 Å². The second-order valence-electron chi connectivity index (χ2n) is 7.66. The third kappa shape index (κ3) is 2.92. The number of carbonyl (C=O) groups excluding carboxylic acids is 2. The average Bonchev–Trinajstić information content (AvgIpc) is 2.98. The van der Waals surface area contributed by atoms with Crippen LogP contribution in [0.15, 0.2) is 18.2 Å². The van der Waals surface area contributed by atoms with E-state index < -0.39 is 0 Å². The van der Waals surface area contributed by atoms with Crippen molar-refractivity contribution < 1.29 is 9.59 Å². The number of amides is 2. The predicted molar refractivity (Wildman–Crippen MR) is 97.3 cm³/mol. The van der Waals surface area contributed by atoms with Crippen LogP contribution in [0.4, 0.5) is 0 Å². The van der Waals surface area contributed by atoms with Gasteiger partial charge in [0.15, 0.2) is 0 Å². The van der Waals surface area contributed by atoms with Crippen LogP contribution in [0.5, 0.6) is 0 Å². The van der Waals surface area contributed by atoms with Gasteiger partial charge >= 0.3 is 0 Å². The van der Waals surface area contributed by atoms with E-state index in [0.717, 1.165) is 23.9 Å². The van der Waals surface area contributed by atoms with E-state index in [1.807, 2.05) is 23.1 Å². The lowest BCUT2D eigenvalue weighted by atomic mass is 9.87. The third-order valence-corrected chi connectivity index (χ3v) is 5.87. The van der Waals surface area contributed by atoms with Crippen molar-refractivity contribution in [2.24, 2.45) is 17.6 Å². The van der Waals surface area contributed by atoms with Gasteiger partial charge in [0, 0.05) is 41.2 Å². The summed E-state index contributed by atoms with van der Waals surface area (Å²) >= 11 is 0. The molecule has 1 aromatic carbocycles. The molecule has 0 saturated carbocycles. The van der Waals surface area contributed by atoms with Gasteiger partial charge in [0.2, 0.25) is 5.91 Å². The molecule has 1 aliphatic heterocycles. The molecule has 1 saturated heterocycles. The molecule has 1 fully saturated rings. The first kappa shape index (κ1) is 16.2. The van der Waals surface area contributed by atoms with Crippen LogP contribution in [0, 0.1) is 11.8 Å². The number of primary amides is 1. The van der Waals surface area contributed by atoms with Gasteiger partial charge in [0.25, 0.3) is 5.91 Å². The molecule has 0 radical (unpaired) electrons. The average molecular weight is 339 g/mol. The number of nitrogens with one attached hydrogen (secondary N) is 1. The Kier molecular flexibility index (Phi) is 4.02. The summed E-state index contributed by atoms with van der Waals surface area (Å²) in [6, 6.07) is 5.99. The van der Waals surface area contributed by atoms with E-state index in [4.69, 9.17) is 5.73 Å². The monoisotopic (exact) mass is 339 g/mol. The molecule has 25 heavy (non-hydrogen) atoms. The molecule has 0 unspecified atom stereocenters. The maximum absolute atomic E-state index is 12.9. The van der Waals surface area contributed by atoms with Gasteiger partial charge < -0.3 is 15.6 Å². The molecule has 132 valence electrons. The van der Waals surface area contributed by atoms with Crippen molar-refractivity contribution in [3.05, 3.63) is 35.0 Å². The zero-order valence-electron chi connectivity index (χ0n) is 14.7. The van der Waals surface area contributed by atoms with Crippen LogP contribution in [0.25, 0.3) is 10.9 Å². The molecule has 0 bridgehead atoms. The van der Waals surface area contributed by atoms with E-state index >= 15 is 0 Å². The largest absolute Gasteiger partial charge is 0.369 e. The summed E-state index contributed by atoms with van der Waals surface area (Å²) in [5, 5.41) is 1.19. The van der Waals surface area contributed by atoms with E-state index in [-0.39, 0.29) is 17.7 Å². The van der Waals surface area contributed by atoms with Crippen molar-refractivity contribution in [3.63, 3.8) is 0 Å². The highest BCUT2D eigenvalue weighted by Gasteiger charge is 2.27. The summed E-state index contributed by atoms with van der Waals surface area (Å²) in [4.78, 5) is 29.5. The van der Waals surface area contributed by atoms with Gasteiger partial charge in [-0.1, -0.05) is 6.92 Å². The summed E-state index contributed by atoms with van der Waals surface area (Å²) < 4.78 is 0. The van der Waals surface area contributed by atoms with Gasteiger partial charge in [-0.3, -0.25) is 9.59 Å². The number of hydrogen-bond acceptors (Lipinski definition) is 2. The van der Waals surface area contributed by atoms with Gasteiger partial charge in [0.1, 0.15) is 0 Å². The second kappa shape index (κ2) is 6.21. The number of fused-ring (bicyclic) bond motifs is 3. The number of piperidine rings is 1. The number of carbonyl (C=O) groups is 2. The molecule has 1 atom stereocenters. The smallest absolute Gasteiger partial charge is 0.253 e. The highest BCUT2D eigenvalue weighted by Crippen LogP contribution is 2.32. The predicted octanol–water partition coefficient (Wildman–Crippen LogP) is 2.63. The van der Waals surface area contributed by atoms with Crippen LogP contribution in [0.2, 0.25) is 0 Å². The number of aromatic amines is 1. The molecular formula is C20H25N3O2. The van der Waals surface area contributed by atoms with Crippen LogP contribution in [0.1, 0.15) is 47.8 Å². The molecule has 2 amide bonds. The van der Waals surface area contributed by atoms with E-state index in [9.17, 15) is 9.59 Å². The lowest BCUT2D eigenvalue weighted by Gasteiger charge is -2.30. The minimum absolute atomic E-state index is 0.0589. The molecule has 1 aromatic heterocycles. The van der Waals surface area contributed by atoms with Crippen molar-refractivity contribution in [2.45, 2.75) is 39.0 Å². The molecule has 5 heteroatoms. The maximum atomic E-state index is 12.9. The SMILES string of the molecule is C[C@H]1CCc2[nH]c3ccc(C(=O)N4CCC(C(N)=O)CC4)cc3c2C1. The highest BCUT2D eigenvalue weighted by molar-refractivity contribution is 5.99. The fourth-order valence-corrected chi connectivity index (χ4v) is 4.27. The highest BCUT2D eigenvalue weighted by atomic mass is 16.2. The Balaban J connectivity index is 1.58. The lowest BCUT2D eigenvalue weighted by molar-refractivity contribution is -0.123. The van der Waals surface area contributed by atoms with Crippen molar-refractivity contribution in [2.75, 3.05) is 13.1 Å². The molecule has 3 N–H and O–H groups in total. The number of likely N-dealkylation sites (tertiary alicyclic amines) is 1. The summed E-state index contributed by atoms with van der Waals surface area (Å²) in [5.41, 5.74) is 9.97. The number of benzene rings is 1. The van der Waals surface area contributed by atoms with Crippen LogP contribution >= 0.6 is 0 Å². The summed E-state index contributed by atoms with van der Waals surface area (Å²) in [5.74, 6) is 0.411. The Morgan fingerprint density at radius 1 is 1.20 bits per heavy atom. The molecule has 0 spiro atoms. The van der Waals surface area contributed by atoms with Crippen molar-refractivity contribution in [1.82, 2.24) is 9.88 Å². The molecule has 1 aliphatic carbocycles. The third-order valence-electron chi connectivity index (χ3n) is 5.87. The van der Waals surface area contributed by atoms with Gasteiger partial charge in [-0.15, -0.1) is 0 Å². The molecule has 4 rings (SSSR count). The number of H-pyrrole nitrogens is 1. The van der Waals surface area contributed by atoms with Crippen LogP contribution in [-0.2, 0) is 17.6 Å². The molecule has 2 heterocycles. The van der Waals surface area contributed by atoms with E-state index in [0.29, 0.717) is 31.8 Å².